The fourth-order valence-electron chi connectivity index (χ4n) is 2.55. The van der Waals surface area contributed by atoms with Crippen molar-refractivity contribution >= 4 is 29.1 Å². The van der Waals surface area contributed by atoms with Crippen molar-refractivity contribution in [2.45, 2.75) is 33.1 Å². The predicted octanol–water partition coefficient (Wildman–Crippen LogP) is 3.31. The molecule has 0 aliphatic rings. The average molecular weight is 430 g/mol. The summed E-state index contributed by atoms with van der Waals surface area (Å²) in [6, 6.07) is 14.3. The maximum absolute atomic E-state index is 12.3. The number of nitrogens with one attached hydrogen (secondary N) is 3. The van der Waals surface area contributed by atoms with Gasteiger partial charge >= 0.3 is 0 Å². The zero-order chi connectivity index (χ0) is 21.9. The first-order valence-electron chi connectivity index (χ1n) is 9.75. The van der Waals surface area contributed by atoms with Gasteiger partial charge in [-0.15, -0.1) is 0 Å². The molecule has 0 saturated heterocycles. The molecule has 0 bridgehead atoms. The van der Waals surface area contributed by atoms with Crippen molar-refractivity contribution in [1.29, 1.82) is 0 Å². The van der Waals surface area contributed by atoms with E-state index in [4.69, 9.17) is 21.7 Å². The Labute approximate surface area is 182 Å². The van der Waals surface area contributed by atoms with Gasteiger partial charge in [-0.1, -0.05) is 45.0 Å². The lowest BCUT2D eigenvalue weighted by atomic mass is 10.0. The van der Waals surface area contributed by atoms with Crippen molar-refractivity contribution in [2.24, 2.45) is 0 Å². The van der Waals surface area contributed by atoms with Crippen molar-refractivity contribution in [3.63, 3.8) is 0 Å². The van der Waals surface area contributed by atoms with Gasteiger partial charge in [-0.3, -0.25) is 25.8 Å². The highest BCUT2D eigenvalue weighted by atomic mass is 32.1. The summed E-state index contributed by atoms with van der Waals surface area (Å²) in [7, 11) is 0. The zero-order valence-electron chi connectivity index (χ0n) is 17.4. The Morgan fingerprint density at radius 3 is 2.53 bits per heavy atom. The second kappa shape index (κ2) is 11.8. The van der Waals surface area contributed by atoms with Crippen LogP contribution in [-0.2, 0) is 4.79 Å². The van der Waals surface area contributed by atoms with Crippen molar-refractivity contribution in [3.05, 3.63) is 59.7 Å². The summed E-state index contributed by atoms with van der Waals surface area (Å²) in [6.07, 6.45) is 0.872. The highest BCUT2D eigenvalue weighted by Gasteiger charge is 2.11. The molecule has 30 heavy (non-hydrogen) atoms. The number of hydrogen-bond donors (Lipinski definition) is 3. The Kier molecular flexibility index (Phi) is 9.08. The molecule has 8 heteroatoms. The first kappa shape index (κ1) is 23.2. The van der Waals surface area contributed by atoms with Crippen LogP contribution in [0.15, 0.2) is 48.5 Å². The number of amides is 2. The number of carbonyl (C=O) groups is 2. The summed E-state index contributed by atoms with van der Waals surface area (Å²) in [5.74, 6) is 0.696. The average Bonchev–Trinajstić information content (AvgIpc) is 2.75. The van der Waals surface area contributed by atoms with Crippen molar-refractivity contribution in [3.8, 4) is 11.5 Å². The fourth-order valence-corrected chi connectivity index (χ4v) is 2.69. The van der Waals surface area contributed by atoms with Crippen molar-refractivity contribution < 1.29 is 19.1 Å². The third kappa shape index (κ3) is 7.36. The molecule has 0 fully saturated rings. The maximum atomic E-state index is 12.3. The summed E-state index contributed by atoms with van der Waals surface area (Å²) in [5, 5.41) is 2.47. The minimum absolute atomic E-state index is 0.0317. The second-order valence-corrected chi connectivity index (χ2v) is 7.22. The molecule has 0 aromatic heterocycles. The Bertz CT molecular complexity index is 886. The molecule has 7 nitrogen and oxygen atoms in total. The molecule has 0 heterocycles. The van der Waals surface area contributed by atoms with Crippen LogP contribution in [0.25, 0.3) is 0 Å². The van der Waals surface area contributed by atoms with Crippen LogP contribution < -0.4 is 25.6 Å². The van der Waals surface area contributed by atoms with Gasteiger partial charge in [-0.2, -0.15) is 0 Å². The van der Waals surface area contributed by atoms with Crippen LogP contribution in [0, 0.1) is 0 Å². The lowest BCUT2D eigenvalue weighted by Crippen LogP contribution is -2.49. The van der Waals surface area contributed by atoms with E-state index in [2.05, 4.69) is 30.0 Å². The van der Waals surface area contributed by atoms with Crippen LogP contribution >= 0.6 is 12.2 Å². The smallest absolute Gasteiger partial charge is 0.276 e. The largest absolute Gasteiger partial charge is 0.494 e. The van der Waals surface area contributed by atoms with Crippen LogP contribution in [0.3, 0.4) is 0 Å². The molecule has 3 N–H and O–H groups in total. The summed E-state index contributed by atoms with van der Waals surface area (Å²) < 4.78 is 11.1. The fraction of sp³-hybridized carbons (Fsp3) is 0.318. The molecule has 0 spiro atoms. The third-order valence-electron chi connectivity index (χ3n) is 4.01. The molecule has 2 rings (SSSR count). The van der Waals surface area contributed by atoms with Crippen LogP contribution in [-0.4, -0.2) is 30.1 Å². The summed E-state index contributed by atoms with van der Waals surface area (Å²) in [6.45, 7) is 6.49. The number of hydrazine groups is 1. The highest BCUT2D eigenvalue weighted by Crippen LogP contribution is 2.25. The lowest BCUT2D eigenvalue weighted by molar-refractivity contribution is -0.123. The molecule has 0 saturated carbocycles. The van der Waals surface area contributed by atoms with Crippen LogP contribution in [0.1, 0.15) is 49.0 Å². The SMILES string of the molecule is CCCOc1cccc(C(=O)NC(=S)NNC(=O)COc2ccccc2C(C)C)c1. The van der Waals surface area contributed by atoms with E-state index in [-0.39, 0.29) is 17.6 Å². The molecule has 0 atom stereocenters. The molecule has 2 amide bonds. The van der Waals surface area contributed by atoms with Gasteiger partial charge in [0.2, 0.25) is 0 Å². The summed E-state index contributed by atoms with van der Waals surface area (Å²) >= 11 is 5.05. The van der Waals surface area contributed by atoms with Gasteiger partial charge in [0.25, 0.3) is 11.8 Å². The van der Waals surface area contributed by atoms with E-state index >= 15 is 0 Å². The topological polar surface area (TPSA) is 88.7 Å². The first-order valence-corrected chi connectivity index (χ1v) is 10.2. The van der Waals surface area contributed by atoms with Gasteiger partial charge in [0.05, 0.1) is 6.61 Å². The van der Waals surface area contributed by atoms with E-state index in [1.165, 1.54) is 0 Å². The molecule has 0 radical (unpaired) electrons. The van der Waals surface area contributed by atoms with Crippen molar-refractivity contribution in [2.75, 3.05) is 13.2 Å². The summed E-state index contributed by atoms with van der Waals surface area (Å²) in [5.41, 5.74) is 6.31. The Morgan fingerprint density at radius 2 is 1.80 bits per heavy atom. The number of benzene rings is 2. The monoisotopic (exact) mass is 429 g/mol. The minimum atomic E-state index is -0.430. The number of carbonyl (C=O) groups excluding carboxylic acids is 2. The van der Waals surface area contributed by atoms with Crippen LogP contribution in [0.4, 0.5) is 0 Å². The molecule has 0 aliphatic carbocycles. The molecule has 2 aromatic rings. The quantitative estimate of drug-likeness (QED) is 0.441. The van der Waals surface area contributed by atoms with E-state index in [1.807, 2.05) is 31.2 Å². The van der Waals surface area contributed by atoms with Gasteiger partial charge < -0.3 is 9.47 Å². The van der Waals surface area contributed by atoms with E-state index in [1.54, 1.807) is 24.3 Å². The van der Waals surface area contributed by atoms with Gasteiger partial charge in [-0.25, -0.2) is 0 Å². The van der Waals surface area contributed by atoms with E-state index < -0.39 is 11.8 Å². The van der Waals surface area contributed by atoms with Crippen molar-refractivity contribution in [1.82, 2.24) is 16.2 Å². The number of rotatable bonds is 8. The Balaban J connectivity index is 1.79. The van der Waals surface area contributed by atoms with Crippen LogP contribution in [0.2, 0.25) is 0 Å². The summed E-state index contributed by atoms with van der Waals surface area (Å²) in [4.78, 5) is 24.3. The molecular formula is C22H27N3O4S. The van der Waals surface area contributed by atoms with E-state index in [0.717, 1.165) is 12.0 Å². The standard InChI is InChI=1S/C22H27N3O4S/c1-4-12-28-17-9-7-8-16(13-17)21(27)23-22(30)25-24-20(26)14-29-19-11-6-5-10-18(19)15(2)3/h5-11,13,15H,4,12,14H2,1-3H3,(H,24,26)(H2,23,25,27,30). The molecule has 0 unspecified atom stereocenters. The third-order valence-corrected chi connectivity index (χ3v) is 4.22. The maximum Gasteiger partial charge on any atom is 0.276 e. The van der Waals surface area contributed by atoms with Gasteiger partial charge in [0.15, 0.2) is 11.7 Å². The Morgan fingerprint density at radius 1 is 1.03 bits per heavy atom. The zero-order valence-corrected chi connectivity index (χ0v) is 18.2. The number of hydrogen-bond acceptors (Lipinski definition) is 5. The number of para-hydroxylation sites is 1. The normalized spacial score (nSPS) is 10.3. The lowest BCUT2D eigenvalue weighted by Gasteiger charge is -2.14. The predicted molar refractivity (Wildman–Crippen MR) is 120 cm³/mol. The number of ether oxygens (including phenoxy) is 2. The minimum Gasteiger partial charge on any atom is -0.494 e. The first-order chi connectivity index (χ1) is 14.4. The van der Waals surface area contributed by atoms with E-state index in [9.17, 15) is 9.59 Å². The molecule has 0 aliphatic heterocycles. The highest BCUT2D eigenvalue weighted by molar-refractivity contribution is 7.80. The molecule has 2 aromatic carbocycles. The van der Waals surface area contributed by atoms with E-state index in [0.29, 0.717) is 23.7 Å². The Hall–Kier alpha value is -3.13. The van der Waals surface area contributed by atoms with Crippen LogP contribution in [0.5, 0.6) is 11.5 Å². The van der Waals surface area contributed by atoms with Gasteiger partial charge in [0.1, 0.15) is 11.5 Å². The second-order valence-electron chi connectivity index (χ2n) is 6.81. The molecular weight excluding hydrogens is 402 g/mol. The van der Waals surface area contributed by atoms with Gasteiger partial charge in [0, 0.05) is 5.56 Å². The molecule has 160 valence electrons. The number of thiocarbonyl (C=S) groups is 1. The van der Waals surface area contributed by atoms with Gasteiger partial charge in [-0.05, 0) is 54.4 Å².